The number of nitrogens with two attached hydrogens (primary N) is 1. The van der Waals surface area contributed by atoms with E-state index in [1.807, 2.05) is 0 Å². The maximum absolute atomic E-state index is 11.8. The second-order valence-electron chi connectivity index (χ2n) is 3.26. The highest BCUT2D eigenvalue weighted by molar-refractivity contribution is 7.58. The first kappa shape index (κ1) is 14.9. The van der Waals surface area contributed by atoms with Gasteiger partial charge in [-0.1, -0.05) is 0 Å². The SMILES string of the molecule is NCCCP(=O)(O)C(O)CCC(F)(F)F. The molecule has 8 heteroatoms. The maximum Gasteiger partial charge on any atom is 0.389 e. The van der Waals surface area contributed by atoms with Gasteiger partial charge in [-0.2, -0.15) is 13.2 Å². The Labute approximate surface area is 85.7 Å². The van der Waals surface area contributed by atoms with Crippen LogP contribution >= 0.6 is 7.37 Å². The van der Waals surface area contributed by atoms with E-state index in [1.54, 1.807) is 0 Å². The Morgan fingerprint density at radius 1 is 1.40 bits per heavy atom. The molecule has 0 rings (SSSR count). The summed E-state index contributed by atoms with van der Waals surface area (Å²) in [5.41, 5.74) is 5.09. The van der Waals surface area contributed by atoms with Crippen molar-refractivity contribution in [3.8, 4) is 0 Å². The summed E-state index contributed by atoms with van der Waals surface area (Å²) in [6.45, 7) is 0.163. The van der Waals surface area contributed by atoms with Gasteiger partial charge >= 0.3 is 6.18 Å². The number of aliphatic hydroxyl groups excluding tert-OH is 1. The van der Waals surface area contributed by atoms with Gasteiger partial charge in [-0.05, 0) is 19.4 Å². The largest absolute Gasteiger partial charge is 0.389 e. The van der Waals surface area contributed by atoms with Crippen LogP contribution in [0.3, 0.4) is 0 Å². The fraction of sp³-hybridized carbons (Fsp3) is 1.00. The monoisotopic (exact) mass is 249 g/mol. The molecule has 4 N–H and O–H groups in total. The van der Waals surface area contributed by atoms with Crippen LogP contribution in [0.5, 0.6) is 0 Å². The summed E-state index contributed by atoms with van der Waals surface area (Å²) >= 11 is 0. The average Bonchev–Trinajstić information content (AvgIpc) is 2.09. The van der Waals surface area contributed by atoms with E-state index in [4.69, 9.17) is 10.8 Å². The number of aliphatic hydroxyl groups is 1. The molecule has 15 heavy (non-hydrogen) atoms. The molecule has 92 valence electrons. The average molecular weight is 249 g/mol. The topological polar surface area (TPSA) is 83.6 Å². The van der Waals surface area contributed by atoms with Gasteiger partial charge in [0.1, 0.15) is 5.85 Å². The Balaban J connectivity index is 4.07. The third-order valence-electron chi connectivity index (χ3n) is 1.83. The Kier molecular flexibility index (Phi) is 5.80. The first-order valence-electron chi connectivity index (χ1n) is 4.45. The van der Waals surface area contributed by atoms with Crippen molar-refractivity contribution in [3.05, 3.63) is 0 Å². The summed E-state index contributed by atoms with van der Waals surface area (Å²) in [5, 5.41) is 9.11. The van der Waals surface area contributed by atoms with Gasteiger partial charge in [0, 0.05) is 12.6 Å². The van der Waals surface area contributed by atoms with E-state index in [0.717, 1.165) is 0 Å². The van der Waals surface area contributed by atoms with Crippen LogP contribution in [-0.4, -0.2) is 34.7 Å². The third-order valence-corrected chi connectivity index (χ3v) is 3.98. The fourth-order valence-corrected chi connectivity index (χ4v) is 2.43. The lowest BCUT2D eigenvalue weighted by Gasteiger charge is -2.18. The van der Waals surface area contributed by atoms with Crippen LogP contribution in [0.2, 0.25) is 0 Å². The zero-order valence-corrected chi connectivity index (χ0v) is 8.97. The van der Waals surface area contributed by atoms with Gasteiger partial charge in [0.25, 0.3) is 0 Å². The zero-order valence-electron chi connectivity index (χ0n) is 8.07. The van der Waals surface area contributed by atoms with Gasteiger partial charge in [-0.15, -0.1) is 0 Å². The van der Waals surface area contributed by atoms with Gasteiger partial charge in [0.15, 0.2) is 0 Å². The van der Waals surface area contributed by atoms with Crippen LogP contribution in [0, 0.1) is 0 Å². The van der Waals surface area contributed by atoms with Crippen LogP contribution < -0.4 is 5.73 Å². The summed E-state index contributed by atoms with van der Waals surface area (Å²) in [6.07, 6.45) is -6.47. The number of halogens is 3. The molecule has 0 aromatic heterocycles. The molecule has 2 unspecified atom stereocenters. The van der Waals surface area contributed by atoms with E-state index in [2.05, 4.69) is 0 Å². The standard InChI is InChI=1S/C7H15F3NO3P/c8-7(9,10)3-2-6(12)15(13,14)5-1-4-11/h6,12H,1-5,11H2,(H,13,14). The predicted molar refractivity (Wildman–Crippen MR) is 49.7 cm³/mol. The number of alkyl halides is 3. The van der Waals surface area contributed by atoms with Gasteiger partial charge < -0.3 is 15.7 Å². The van der Waals surface area contributed by atoms with Crippen molar-refractivity contribution in [3.63, 3.8) is 0 Å². The lowest BCUT2D eigenvalue weighted by Crippen LogP contribution is -2.16. The molecule has 4 nitrogen and oxygen atoms in total. The molecule has 0 saturated heterocycles. The van der Waals surface area contributed by atoms with Crippen LogP contribution in [0.15, 0.2) is 0 Å². The Morgan fingerprint density at radius 3 is 2.33 bits per heavy atom. The lowest BCUT2D eigenvalue weighted by atomic mass is 10.3. The van der Waals surface area contributed by atoms with E-state index >= 15 is 0 Å². The molecular weight excluding hydrogens is 234 g/mol. The molecule has 0 saturated carbocycles. The molecular formula is C7H15F3NO3P. The quantitative estimate of drug-likeness (QED) is 0.619. The predicted octanol–water partition coefficient (Wildman–Crippen LogP) is 1.27. The van der Waals surface area contributed by atoms with Crippen molar-refractivity contribution in [1.29, 1.82) is 0 Å². The third kappa shape index (κ3) is 6.89. The van der Waals surface area contributed by atoms with E-state index in [9.17, 15) is 22.6 Å². The van der Waals surface area contributed by atoms with Crippen LogP contribution in [0.1, 0.15) is 19.3 Å². The molecule has 0 spiro atoms. The van der Waals surface area contributed by atoms with Gasteiger partial charge in [-0.25, -0.2) is 0 Å². The van der Waals surface area contributed by atoms with Crippen LogP contribution in [0.4, 0.5) is 13.2 Å². The van der Waals surface area contributed by atoms with E-state index in [-0.39, 0.29) is 19.1 Å². The maximum atomic E-state index is 11.8. The van der Waals surface area contributed by atoms with Gasteiger partial charge in [0.2, 0.25) is 7.37 Å². The highest BCUT2D eigenvalue weighted by Crippen LogP contribution is 2.47. The second-order valence-corrected chi connectivity index (χ2v) is 5.81. The molecule has 0 heterocycles. The van der Waals surface area contributed by atoms with Crippen LogP contribution in [0.25, 0.3) is 0 Å². The van der Waals surface area contributed by atoms with Crippen LogP contribution in [-0.2, 0) is 4.57 Å². The molecule has 0 fully saturated rings. The minimum absolute atomic E-state index is 0.163. The smallest absolute Gasteiger partial charge is 0.383 e. The molecule has 0 radical (unpaired) electrons. The number of hydrogen-bond acceptors (Lipinski definition) is 3. The van der Waals surface area contributed by atoms with E-state index in [1.165, 1.54) is 0 Å². The fourth-order valence-electron chi connectivity index (χ4n) is 0.961. The first-order chi connectivity index (χ1) is 6.69. The van der Waals surface area contributed by atoms with Crippen molar-refractivity contribution >= 4 is 7.37 Å². The molecule has 0 amide bonds. The minimum atomic E-state index is -4.42. The summed E-state index contributed by atoms with van der Waals surface area (Å²) in [7, 11) is -3.91. The highest BCUT2D eigenvalue weighted by atomic mass is 31.2. The van der Waals surface area contributed by atoms with Gasteiger partial charge in [-0.3, -0.25) is 4.57 Å². The Hall–Kier alpha value is -0.100. The molecule has 0 aliphatic rings. The highest BCUT2D eigenvalue weighted by Gasteiger charge is 2.34. The first-order valence-corrected chi connectivity index (χ1v) is 6.37. The summed E-state index contributed by atoms with van der Waals surface area (Å²) in [6, 6.07) is 0. The Bertz CT molecular complexity index is 234. The summed E-state index contributed by atoms with van der Waals surface area (Å²) in [4.78, 5) is 9.19. The van der Waals surface area contributed by atoms with E-state index < -0.39 is 32.2 Å². The van der Waals surface area contributed by atoms with Crippen molar-refractivity contribution in [2.24, 2.45) is 5.73 Å². The summed E-state index contributed by atoms with van der Waals surface area (Å²) in [5.74, 6) is -1.81. The van der Waals surface area contributed by atoms with Crippen molar-refractivity contribution in [1.82, 2.24) is 0 Å². The molecule has 0 aromatic rings. The van der Waals surface area contributed by atoms with Gasteiger partial charge in [0.05, 0.1) is 0 Å². The summed E-state index contributed by atoms with van der Waals surface area (Å²) < 4.78 is 46.5. The molecule has 2 atom stereocenters. The van der Waals surface area contributed by atoms with Crippen molar-refractivity contribution in [2.75, 3.05) is 12.7 Å². The molecule has 0 aliphatic carbocycles. The number of rotatable bonds is 6. The molecule has 0 bridgehead atoms. The minimum Gasteiger partial charge on any atom is -0.383 e. The normalized spacial score (nSPS) is 18.5. The number of hydrogen-bond donors (Lipinski definition) is 3. The van der Waals surface area contributed by atoms with Crippen molar-refractivity contribution < 1.29 is 27.7 Å². The van der Waals surface area contributed by atoms with Crippen molar-refractivity contribution in [2.45, 2.75) is 31.3 Å². The lowest BCUT2D eigenvalue weighted by molar-refractivity contribution is -0.138. The molecule has 0 aromatic carbocycles. The molecule has 0 aliphatic heterocycles. The zero-order chi connectivity index (χ0) is 12.1. The second kappa shape index (κ2) is 5.84. The van der Waals surface area contributed by atoms with E-state index in [0.29, 0.717) is 0 Å². The Morgan fingerprint density at radius 2 is 1.93 bits per heavy atom.